The third-order valence-corrected chi connectivity index (χ3v) is 5.97. The van der Waals surface area contributed by atoms with Crippen molar-refractivity contribution in [3.05, 3.63) is 81.1 Å². The summed E-state index contributed by atoms with van der Waals surface area (Å²) >= 11 is 6.22. The van der Waals surface area contributed by atoms with Crippen LogP contribution in [0.25, 0.3) is 0 Å². The van der Waals surface area contributed by atoms with Gasteiger partial charge in [-0.2, -0.15) is 5.10 Å². The fraction of sp³-hybridized carbons (Fsp3) is 0.292. The Morgan fingerprint density at radius 3 is 2.66 bits per heavy atom. The van der Waals surface area contributed by atoms with Crippen LogP contribution in [-0.4, -0.2) is 45.0 Å². The monoisotopic (exact) mass is 505 g/mol. The van der Waals surface area contributed by atoms with Crippen LogP contribution in [0.5, 0.6) is 5.75 Å². The van der Waals surface area contributed by atoms with Crippen molar-refractivity contribution in [3.63, 3.8) is 0 Å². The molecule has 4 rings (SSSR count). The van der Waals surface area contributed by atoms with E-state index in [1.165, 1.54) is 29.2 Å². The van der Waals surface area contributed by atoms with Crippen molar-refractivity contribution in [2.24, 2.45) is 7.05 Å². The molecule has 0 bridgehead atoms. The van der Waals surface area contributed by atoms with Gasteiger partial charge in [0.15, 0.2) is 18.2 Å². The minimum Gasteiger partial charge on any atom is -0.482 e. The first-order chi connectivity index (χ1) is 16.7. The maximum absolute atomic E-state index is 14.7. The minimum atomic E-state index is -1.20. The van der Waals surface area contributed by atoms with E-state index in [1.807, 2.05) is 6.92 Å². The summed E-state index contributed by atoms with van der Waals surface area (Å²) in [6.07, 6.45) is -0.644. The molecule has 0 aliphatic carbocycles. The van der Waals surface area contributed by atoms with Gasteiger partial charge in [-0.05, 0) is 54.8 Å². The Morgan fingerprint density at radius 1 is 1.20 bits per heavy atom. The fourth-order valence-electron chi connectivity index (χ4n) is 4.20. The van der Waals surface area contributed by atoms with Crippen LogP contribution in [0.3, 0.4) is 0 Å². The van der Waals surface area contributed by atoms with Gasteiger partial charge < -0.3 is 14.6 Å². The van der Waals surface area contributed by atoms with Gasteiger partial charge in [0.2, 0.25) is 0 Å². The van der Waals surface area contributed by atoms with Crippen molar-refractivity contribution in [2.45, 2.75) is 26.0 Å². The van der Waals surface area contributed by atoms with Gasteiger partial charge in [-0.25, -0.2) is 18.4 Å². The number of ether oxygens (including phenoxy) is 2. The molecule has 2 aromatic carbocycles. The van der Waals surface area contributed by atoms with Gasteiger partial charge in [0.05, 0.1) is 17.4 Å². The fourth-order valence-corrected chi connectivity index (χ4v) is 4.38. The van der Waals surface area contributed by atoms with Gasteiger partial charge in [0.1, 0.15) is 12.4 Å². The number of benzene rings is 2. The molecule has 35 heavy (non-hydrogen) atoms. The highest BCUT2D eigenvalue weighted by Crippen LogP contribution is 2.42. The van der Waals surface area contributed by atoms with E-state index in [1.54, 1.807) is 17.8 Å². The van der Waals surface area contributed by atoms with Crippen molar-refractivity contribution in [1.29, 1.82) is 0 Å². The number of aliphatic carboxylic acids is 1. The molecule has 0 unspecified atom stereocenters. The maximum atomic E-state index is 14.7. The molecule has 1 aliphatic heterocycles. The number of aryl methyl sites for hydroxylation is 2. The van der Waals surface area contributed by atoms with Gasteiger partial charge >= 0.3 is 12.1 Å². The van der Waals surface area contributed by atoms with Gasteiger partial charge in [-0.1, -0.05) is 17.7 Å². The standard InChI is InChI=1S/C24H22ClF2N3O5/c1-13-9-15(29(2)28-13)11-35-24(33)30-8-7-16-17(4-5-19(26)22(16)27)23(30)18-10-14(25)3-6-20(18)34-12-21(31)32/h3-6,9-10,23H,7-8,11-12H2,1-2H3,(H,31,32)/t23-/m0/s1. The third kappa shape index (κ3) is 5.07. The molecule has 11 heteroatoms. The van der Waals surface area contributed by atoms with E-state index >= 15 is 0 Å². The summed E-state index contributed by atoms with van der Waals surface area (Å²) in [5.41, 5.74) is 2.20. The number of carboxylic acids is 1. The van der Waals surface area contributed by atoms with Crippen molar-refractivity contribution in [3.8, 4) is 5.75 Å². The number of carbonyl (C=O) groups is 2. The average Bonchev–Trinajstić information content (AvgIpc) is 3.14. The molecule has 2 heterocycles. The first kappa shape index (κ1) is 24.5. The smallest absolute Gasteiger partial charge is 0.410 e. The molecule has 1 aliphatic rings. The van der Waals surface area contributed by atoms with Crippen LogP contribution in [0.15, 0.2) is 36.4 Å². The molecule has 0 fully saturated rings. The highest BCUT2D eigenvalue weighted by atomic mass is 35.5. The Kier molecular flexibility index (Phi) is 6.93. The number of carboxylic acid groups (broad SMARTS) is 1. The Labute approximate surface area is 204 Å². The highest BCUT2D eigenvalue weighted by Gasteiger charge is 2.37. The van der Waals surface area contributed by atoms with Crippen molar-refractivity contribution < 1.29 is 33.0 Å². The van der Waals surface area contributed by atoms with Gasteiger partial charge in [-0.15, -0.1) is 0 Å². The number of fused-ring (bicyclic) bond motifs is 1. The number of carbonyl (C=O) groups excluding carboxylic acids is 1. The van der Waals surface area contributed by atoms with Crippen molar-refractivity contribution in [2.75, 3.05) is 13.2 Å². The average molecular weight is 506 g/mol. The minimum absolute atomic E-state index is 0.0200. The Hall–Kier alpha value is -3.66. The number of amides is 1. The quantitative estimate of drug-likeness (QED) is 0.533. The number of nitrogens with zero attached hydrogens (tertiary/aromatic N) is 3. The number of aromatic nitrogens is 2. The molecule has 8 nitrogen and oxygen atoms in total. The lowest BCUT2D eigenvalue weighted by molar-refractivity contribution is -0.139. The molecule has 1 atom stereocenters. The predicted molar refractivity (Wildman–Crippen MR) is 121 cm³/mol. The normalized spacial score (nSPS) is 15.0. The summed E-state index contributed by atoms with van der Waals surface area (Å²) in [6.45, 7) is 1.14. The molecule has 0 spiro atoms. The van der Waals surface area contributed by atoms with Crippen LogP contribution in [0.2, 0.25) is 5.02 Å². The molecule has 1 N–H and O–H groups in total. The second-order valence-corrected chi connectivity index (χ2v) is 8.53. The molecule has 1 amide bonds. The van der Waals surface area contributed by atoms with Crippen LogP contribution in [0.1, 0.15) is 34.1 Å². The van der Waals surface area contributed by atoms with E-state index in [0.29, 0.717) is 16.8 Å². The van der Waals surface area contributed by atoms with Gasteiger partial charge in [-0.3, -0.25) is 9.58 Å². The highest BCUT2D eigenvalue weighted by molar-refractivity contribution is 6.30. The second-order valence-electron chi connectivity index (χ2n) is 8.09. The van der Waals surface area contributed by atoms with Gasteiger partial charge in [0.25, 0.3) is 0 Å². The van der Waals surface area contributed by atoms with E-state index in [4.69, 9.17) is 26.2 Å². The molecule has 1 aromatic heterocycles. The molecule has 0 saturated heterocycles. The molecule has 0 saturated carbocycles. The number of rotatable bonds is 6. The Morgan fingerprint density at radius 2 is 1.97 bits per heavy atom. The zero-order valence-electron chi connectivity index (χ0n) is 18.9. The lowest BCUT2D eigenvalue weighted by Crippen LogP contribution is -2.41. The zero-order valence-corrected chi connectivity index (χ0v) is 19.7. The summed E-state index contributed by atoms with van der Waals surface area (Å²) in [5, 5.41) is 13.6. The first-order valence-corrected chi connectivity index (χ1v) is 11.1. The summed E-state index contributed by atoms with van der Waals surface area (Å²) < 4.78 is 41.3. The van der Waals surface area contributed by atoms with Crippen LogP contribution >= 0.6 is 11.6 Å². The molecule has 184 valence electrons. The van der Waals surface area contributed by atoms with Crippen LogP contribution in [0, 0.1) is 18.6 Å². The van der Waals surface area contributed by atoms with E-state index < -0.39 is 36.3 Å². The van der Waals surface area contributed by atoms with Gasteiger partial charge in [0, 0.05) is 24.2 Å². The van der Waals surface area contributed by atoms with E-state index in [2.05, 4.69) is 5.10 Å². The zero-order chi connectivity index (χ0) is 25.3. The Balaban J connectivity index is 1.75. The van der Waals surface area contributed by atoms with Crippen LogP contribution in [-0.2, 0) is 29.6 Å². The third-order valence-electron chi connectivity index (χ3n) is 5.74. The van der Waals surface area contributed by atoms with Crippen molar-refractivity contribution in [1.82, 2.24) is 14.7 Å². The van der Waals surface area contributed by atoms with E-state index in [0.717, 1.165) is 11.8 Å². The van der Waals surface area contributed by atoms with Crippen molar-refractivity contribution >= 4 is 23.7 Å². The summed E-state index contributed by atoms with van der Waals surface area (Å²) in [4.78, 5) is 25.7. The number of halogens is 3. The number of hydrogen-bond donors (Lipinski definition) is 1. The summed E-state index contributed by atoms with van der Waals surface area (Å²) in [6, 6.07) is 7.67. The molecule has 0 radical (unpaired) electrons. The second kappa shape index (κ2) is 9.91. The Bertz CT molecular complexity index is 1300. The molecule has 3 aromatic rings. The topological polar surface area (TPSA) is 93.9 Å². The number of hydrogen-bond acceptors (Lipinski definition) is 5. The lowest BCUT2D eigenvalue weighted by Gasteiger charge is -2.37. The first-order valence-electron chi connectivity index (χ1n) is 10.7. The van der Waals surface area contributed by atoms with Crippen LogP contribution in [0.4, 0.5) is 13.6 Å². The maximum Gasteiger partial charge on any atom is 0.410 e. The molecular formula is C24H22ClF2N3O5. The summed E-state index contributed by atoms with van der Waals surface area (Å²) in [5.74, 6) is -3.07. The van der Waals surface area contributed by atoms with Crippen LogP contribution < -0.4 is 4.74 Å². The van der Waals surface area contributed by atoms with E-state index in [-0.39, 0.29) is 35.9 Å². The van der Waals surface area contributed by atoms with E-state index in [9.17, 15) is 18.4 Å². The summed E-state index contributed by atoms with van der Waals surface area (Å²) in [7, 11) is 1.73. The predicted octanol–water partition coefficient (Wildman–Crippen LogP) is 4.41. The SMILES string of the molecule is Cc1cc(COC(=O)N2CCc3c(ccc(F)c3F)[C@H]2c2cc(Cl)ccc2OCC(=O)O)n(C)n1. The lowest BCUT2D eigenvalue weighted by atomic mass is 9.87. The largest absolute Gasteiger partial charge is 0.482 e. The molecular weight excluding hydrogens is 484 g/mol.